The number of nitrogens with zero attached hydrogens (tertiary/aromatic N) is 1. The summed E-state index contributed by atoms with van der Waals surface area (Å²) in [7, 11) is 0. The summed E-state index contributed by atoms with van der Waals surface area (Å²) >= 11 is 1.09. The number of aliphatic hydroxyl groups is 1. The van der Waals surface area contributed by atoms with Crippen LogP contribution in [0.5, 0.6) is 0 Å². The molecule has 17 heavy (non-hydrogen) atoms. The van der Waals surface area contributed by atoms with E-state index in [0.29, 0.717) is 10.6 Å². The van der Waals surface area contributed by atoms with Crippen molar-refractivity contribution in [2.45, 2.75) is 32.3 Å². The van der Waals surface area contributed by atoms with Gasteiger partial charge < -0.3 is 10.4 Å². The molecule has 0 fully saturated rings. The lowest BCUT2D eigenvalue weighted by atomic mass is 10.0. The molecule has 1 aromatic heterocycles. The second-order valence-electron chi connectivity index (χ2n) is 4.21. The van der Waals surface area contributed by atoms with Gasteiger partial charge in [0.1, 0.15) is 10.5 Å². The first-order valence-electron chi connectivity index (χ1n) is 4.93. The van der Waals surface area contributed by atoms with Gasteiger partial charge in [0.25, 0.3) is 11.8 Å². The van der Waals surface area contributed by atoms with E-state index in [0.717, 1.165) is 25.2 Å². The van der Waals surface area contributed by atoms with Crippen molar-refractivity contribution in [1.82, 2.24) is 10.3 Å². The predicted molar refractivity (Wildman–Crippen MR) is 60.4 cm³/mol. The highest BCUT2D eigenvalue weighted by molar-refractivity contribution is 7.11. The van der Waals surface area contributed by atoms with Crippen molar-refractivity contribution < 1.29 is 18.7 Å². The fourth-order valence-corrected chi connectivity index (χ4v) is 1.73. The first kappa shape index (κ1) is 14.0. The van der Waals surface area contributed by atoms with Gasteiger partial charge in [0, 0.05) is 0 Å². The maximum atomic E-state index is 13.4. The smallest absolute Gasteiger partial charge is 0.292 e. The molecular formula is C10H14F2N2O2S. The first-order valence-corrected chi connectivity index (χ1v) is 5.81. The molecule has 0 aliphatic rings. The SMILES string of the molecule is Cc1ncsc1C(=O)NCC(F)(F)C(C)(C)O. The van der Waals surface area contributed by atoms with Crippen LogP contribution in [-0.2, 0) is 0 Å². The Morgan fingerprint density at radius 3 is 2.59 bits per heavy atom. The van der Waals surface area contributed by atoms with E-state index >= 15 is 0 Å². The molecule has 0 aliphatic carbocycles. The van der Waals surface area contributed by atoms with E-state index in [1.54, 1.807) is 6.92 Å². The van der Waals surface area contributed by atoms with Gasteiger partial charge in [-0.1, -0.05) is 0 Å². The average Bonchev–Trinajstić information content (AvgIpc) is 2.59. The van der Waals surface area contributed by atoms with E-state index in [9.17, 15) is 18.7 Å². The van der Waals surface area contributed by atoms with Gasteiger partial charge in [0.2, 0.25) is 0 Å². The standard InChI is InChI=1S/C10H14F2N2O2S/c1-6-7(17-5-14-6)8(15)13-4-10(11,12)9(2,3)16/h5,16H,4H2,1-3H3,(H,13,15). The summed E-state index contributed by atoms with van der Waals surface area (Å²) in [6.07, 6.45) is 0. The first-order chi connectivity index (χ1) is 7.65. The number of aryl methyl sites for hydroxylation is 1. The van der Waals surface area contributed by atoms with Crippen molar-refractivity contribution in [2.75, 3.05) is 6.54 Å². The molecule has 0 atom stereocenters. The van der Waals surface area contributed by atoms with Gasteiger partial charge >= 0.3 is 0 Å². The van der Waals surface area contributed by atoms with Crippen LogP contribution in [0.2, 0.25) is 0 Å². The number of halogens is 2. The number of hydrogen-bond acceptors (Lipinski definition) is 4. The van der Waals surface area contributed by atoms with E-state index in [1.807, 2.05) is 0 Å². The number of carbonyl (C=O) groups excluding carboxylic acids is 1. The summed E-state index contributed by atoms with van der Waals surface area (Å²) in [6.45, 7) is 2.71. The van der Waals surface area contributed by atoms with Crippen molar-refractivity contribution in [3.05, 3.63) is 16.1 Å². The molecule has 96 valence electrons. The molecule has 4 nitrogen and oxygen atoms in total. The van der Waals surface area contributed by atoms with Crippen molar-refractivity contribution in [2.24, 2.45) is 0 Å². The minimum absolute atomic E-state index is 0.302. The molecule has 0 saturated heterocycles. The molecule has 7 heteroatoms. The summed E-state index contributed by atoms with van der Waals surface area (Å²) in [5.74, 6) is -3.99. The van der Waals surface area contributed by atoms with Crippen LogP contribution in [-0.4, -0.2) is 34.1 Å². The molecule has 2 N–H and O–H groups in total. The van der Waals surface area contributed by atoms with Crippen LogP contribution in [0.4, 0.5) is 8.78 Å². The molecule has 1 heterocycles. The van der Waals surface area contributed by atoms with E-state index in [2.05, 4.69) is 10.3 Å². The van der Waals surface area contributed by atoms with Gasteiger partial charge in [-0.05, 0) is 20.8 Å². The highest BCUT2D eigenvalue weighted by Gasteiger charge is 2.45. The van der Waals surface area contributed by atoms with Gasteiger partial charge in [-0.3, -0.25) is 4.79 Å². The zero-order valence-corrected chi connectivity index (χ0v) is 10.6. The van der Waals surface area contributed by atoms with Crippen molar-refractivity contribution in [1.29, 1.82) is 0 Å². The highest BCUT2D eigenvalue weighted by Crippen LogP contribution is 2.27. The van der Waals surface area contributed by atoms with Gasteiger partial charge in [-0.25, -0.2) is 13.8 Å². The van der Waals surface area contributed by atoms with Crippen molar-refractivity contribution in [3.8, 4) is 0 Å². The zero-order chi connectivity index (χ0) is 13.3. The number of carbonyl (C=O) groups is 1. The van der Waals surface area contributed by atoms with Crippen LogP contribution in [0.15, 0.2) is 5.51 Å². The summed E-state index contributed by atoms with van der Waals surface area (Å²) in [5, 5.41) is 11.3. The number of nitrogens with one attached hydrogen (secondary N) is 1. The maximum absolute atomic E-state index is 13.4. The molecule has 1 rings (SSSR count). The predicted octanol–water partition coefficient (Wildman–Crippen LogP) is 1.59. The number of hydrogen-bond donors (Lipinski definition) is 2. The van der Waals surface area contributed by atoms with Gasteiger partial charge in [0.05, 0.1) is 17.7 Å². The second-order valence-corrected chi connectivity index (χ2v) is 5.07. The Balaban J connectivity index is 2.64. The Morgan fingerprint density at radius 1 is 1.59 bits per heavy atom. The monoisotopic (exact) mass is 264 g/mol. The summed E-state index contributed by atoms with van der Waals surface area (Å²) in [5.41, 5.74) is -0.208. The van der Waals surface area contributed by atoms with E-state index in [4.69, 9.17) is 0 Å². The molecular weight excluding hydrogens is 250 g/mol. The fraction of sp³-hybridized carbons (Fsp3) is 0.600. The molecule has 0 unspecified atom stereocenters. The average molecular weight is 264 g/mol. The number of aromatic nitrogens is 1. The van der Waals surface area contributed by atoms with Crippen LogP contribution in [0.1, 0.15) is 29.2 Å². The number of thiazole rings is 1. The molecule has 0 aliphatic heterocycles. The Labute approximate surface area is 102 Å². The second kappa shape index (κ2) is 4.66. The largest absolute Gasteiger partial charge is 0.384 e. The third-order valence-corrected chi connectivity index (χ3v) is 3.25. The minimum atomic E-state index is -3.39. The van der Waals surface area contributed by atoms with Crippen LogP contribution in [0.25, 0.3) is 0 Å². The topological polar surface area (TPSA) is 62.2 Å². The molecule has 1 amide bonds. The lowest BCUT2D eigenvalue weighted by Gasteiger charge is -2.28. The summed E-state index contributed by atoms with van der Waals surface area (Å²) in [4.78, 5) is 15.7. The van der Waals surface area contributed by atoms with Crippen LogP contribution in [0, 0.1) is 6.92 Å². The lowest BCUT2D eigenvalue weighted by Crippen LogP contribution is -2.50. The molecule has 1 aromatic rings. The zero-order valence-electron chi connectivity index (χ0n) is 9.75. The molecule has 0 aromatic carbocycles. The summed E-state index contributed by atoms with van der Waals surface area (Å²) in [6, 6.07) is 0. The Kier molecular flexibility index (Phi) is 3.83. The molecule has 0 radical (unpaired) electrons. The third-order valence-electron chi connectivity index (χ3n) is 2.32. The molecule has 0 bridgehead atoms. The third kappa shape index (κ3) is 3.19. The number of rotatable bonds is 4. The molecule has 0 spiro atoms. The Hall–Kier alpha value is -1.08. The highest BCUT2D eigenvalue weighted by atomic mass is 32.1. The summed E-state index contributed by atoms with van der Waals surface area (Å²) < 4.78 is 26.7. The van der Waals surface area contributed by atoms with Crippen LogP contribution in [0.3, 0.4) is 0 Å². The number of alkyl halides is 2. The number of amides is 1. The van der Waals surface area contributed by atoms with Gasteiger partial charge in [-0.15, -0.1) is 11.3 Å². The van der Waals surface area contributed by atoms with E-state index in [1.165, 1.54) is 5.51 Å². The van der Waals surface area contributed by atoms with Crippen molar-refractivity contribution >= 4 is 17.2 Å². The van der Waals surface area contributed by atoms with E-state index in [-0.39, 0.29) is 0 Å². The van der Waals surface area contributed by atoms with Gasteiger partial charge in [0.15, 0.2) is 0 Å². The molecule has 0 saturated carbocycles. The van der Waals surface area contributed by atoms with Crippen LogP contribution < -0.4 is 5.32 Å². The normalized spacial score (nSPS) is 12.6. The van der Waals surface area contributed by atoms with Crippen molar-refractivity contribution in [3.63, 3.8) is 0 Å². The quantitative estimate of drug-likeness (QED) is 0.868. The minimum Gasteiger partial charge on any atom is -0.384 e. The lowest BCUT2D eigenvalue weighted by molar-refractivity contribution is -0.156. The fourth-order valence-electron chi connectivity index (χ4n) is 1.01. The maximum Gasteiger partial charge on any atom is 0.292 e. The van der Waals surface area contributed by atoms with E-state index < -0.39 is 24.0 Å². The van der Waals surface area contributed by atoms with Gasteiger partial charge in [-0.2, -0.15) is 0 Å². The Morgan fingerprint density at radius 2 is 2.18 bits per heavy atom. The Bertz CT molecular complexity index is 413. The van der Waals surface area contributed by atoms with Crippen LogP contribution >= 0.6 is 11.3 Å².